The van der Waals surface area contributed by atoms with Gasteiger partial charge in [-0.05, 0) is 66.1 Å². The molecule has 46 heavy (non-hydrogen) atoms. The van der Waals surface area contributed by atoms with E-state index < -0.39 is 26.7 Å². The van der Waals surface area contributed by atoms with Gasteiger partial charge in [0, 0.05) is 30.1 Å². The van der Waals surface area contributed by atoms with E-state index in [1.165, 1.54) is 56.6 Å². The van der Waals surface area contributed by atoms with Crippen LogP contribution in [-0.2, 0) is 16.4 Å². The molecule has 234 valence electrons. The standard InChI is InChI=1S/C32H25FN4O8S/c1-36(46(3,41)42)24-16-27-21(28(31(34)38)30(44-27)18-8-10-20(33)11-9-18)15-19(24)13-17-7-12-25(43-2)22(14-17)32-35-29-23(37(39)40)5-4-6-26(29)45-32/h4-12,14-16H,13H2,1-3H3,(H2,34,38). The summed E-state index contributed by atoms with van der Waals surface area (Å²) in [7, 11) is -0.895. The highest BCUT2D eigenvalue weighted by Gasteiger charge is 2.26. The van der Waals surface area contributed by atoms with Crippen LogP contribution in [0.3, 0.4) is 0 Å². The molecule has 2 aromatic heterocycles. The number of fused-ring (bicyclic) bond motifs is 2. The van der Waals surface area contributed by atoms with Gasteiger partial charge >= 0.3 is 0 Å². The lowest BCUT2D eigenvalue weighted by Crippen LogP contribution is -2.26. The summed E-state index contributed by atoms with van der Waals surface area (Å²) in [6.07, 6.45) is 1.21. The number of nitrogens with zero attached hydrogens (tertiary/aromatic N) is 3. The molecule has 0 aliphatic heterocycles. The van der Waals surface area contributed by atoms with E-state index in [0.717, 1.165) is 10.6 Å². The van der Waals surface area contributed by atoms with Crippen molar-refractivity contribution < 1.29 is 36.1 Å². The molecule has 0 atom stereocenters. The van der Waals surface area contributed by atoms with Crippen molar-refractivity contribution in [3.63, 3.8) is 0 Å². The number of methoxy groups -OCH3 is 1. The third-order valence-corrected chi connectivity index (χ3v) is 8.75. The lowest BCUT2D eigenvalue weighted by molar-refractivity contribution is -0.383. The molecule has 2 heterocycles. The molecule has 0 radical (unpaired) electrons. The highest BCUT2D eigenvalue weighted by Crippen LogP contribution is 2.40. The fourth-order valence-corrected chi connectivity index (χ4v) is 5.82. The van der Waals surface area contributed by atoms with E-state index in [4.69, 9.17) is 19.3 Å². The number of aromatic nitrogens is 1. The first-order valence-corrected chi connectivity index (χ1v) is 15.5. The summed E-state index contributed by atoms with van der Waals surface area (Å²) in [5.41, 5.74) is 8.38. The molecular formula is C32H25FN4O8S. The number of carbonyl (C=O) groups is 1. The number of rotatable bonds is 9. The maximum absolute atomic E-state index is 13.6. The van der Waals surface area contributed by atoms with Crippen LogP contribution in [0, 0.1) is 15.9 Å². The first-order valence-electron chi connectivity index (χ1n) is 13.7. The highest BCUT2D eigenvalue weighted by atomic mass is 32.2. The number of hydrogen-bond donors (Lipinski definition) is 1. The lowest BCUT2D eigenvalue weighted by atomic mass is 9.97. The second kappa shape index (κ2) is 11.3. The molecule has 0 unspecified atom stereocenters. The minimum absolute atomic E-state index is 0.0555. The molecule has 2 N–H and O–H groups in total. The number of nitro benzene ring substituents is 1. The Hall–Kier alpha value is -5.76. The van der Waals surface area contributed by atoms with Crippen molar-refractivity contribution in [2.75, 3.05) is 24.7 Å². The number of amides is 1. The number of furan rings is 1. The predicted molar refractivity (Wildman–Crippen MR) is 169 cm³/mol. The smallest absolute Gasteiger partial charge is 0.298 e. The van der Waals surface area contributed by atoms with Crippen LogP contribution >= 0.6 is 0 Å². The molecule has 0 aliphatic rings. The van der Waals surface area contributed by atoms with Gasteiger partial charge in [-0.2, -0.15) is 0 Å². The van der Waals surface area contributed by atoms with Crippen molar-refractivity contribution in [1.29, 1.82) is 0 Å². The van der Waals surface area contributed by atoms with Crippen molar-refractivity contribution in [3.05, 3.63) is 105 Å². The number of oxazole rings is 1. The maximum atomic E-state index is 13.6. The largest absolute Gasteiger partial charge is 0.496 e. The Morgan fingerprint density at radius 3 is 2.46 bits per heavy atom. The van der Waals surface area contributed by atoms with Crippen LogP contribution in [0.5, 0.6) is 5.75 Å². The summed E-state index contributed by atoms with van der Waals surface area (Å²) in [5.74, 6) is -0.678. The number of halogens is 1. The first-order chi connectivity index (χ1) is 21.8. The number of carbonyl (C=O) groups excluding carboxylic acids is 1. The minimum atomic E-state index is -3.75. The number of hydrogen-bond acceptors (Lipinski definition) is 9. The van der Waals surface area contributed by atoms with Gasteiger partial charge < -0.3 is 19.3 Å². The SMILES string of the molecule is COc1ccc(Cc2cc3c(C(N)=O)c(-c4ccc(F)cc4)oc3cc2N(C)S(C)(=O)=O)cc1-c1nc2c([N+](=O)[O-])cccc2o1. The average Bonchev–Trinajstić information content (AvgIpc) is 3.62. The van der Waals surface area contributed by atoms with Crippen LogP contribution in [0.15, 0.2) is 81.6 Å². The molecule has 0 fully saturated rings. The van der Waals surface area contributed by atoms with Crippen molar-refractivity contribution >= 4 is 49.4 Å². The number of ether oxygens (including phenoxy) is 1. The van der Waals surface area contributed by atoms with Crippen LogP contribution in [0.1, 0.15) is 21.5 Å². The predicted octanol–water partition coefficient (Wildman–Crippen LogP) is 6.05. The molecule has 12 nitrogen and oxygen atoms in total. The van der Waals surface area contributed by atoms with Gasteiger partial charge in [0.2, 0.25) is 15.9 Å². The summed E-state index contributed by atoms with van der Waals surface area (Å²) in [6.45, 7) is 0. The lowest BCUT2D eigenvalue weighted by Gasteiger charge is -2.21. The third-order valence-electron chi connectivity index (χ3n) is 7.56. The summed E-state index contributed by atoms with van der Waals surface area (Å²) in [6, 6.07) is 18.0. The molecule has 14 heteroatoms. The molecule has 0 aliphatic carbocycles. The number of non-ortho nitro benzene ring substituents is 1. The van der Waals surface area contributed by atoms with Crippen LogP contribution < -0.4 is 14.8 Å². The van der Waals surface area contributed by atoms with E-state index in [9.17, 15) is 27.7 Å². The van der Waals surface area contributed by atoms with E-state index in [-0.39, 0.29) is 51.7 Å². The molecule has 1 amide bonds. The molecular weight excluding hydrogens is 619 g/mol. The fourth-order valence-electron chi connectivity index (χ4n) is 5.29. The first kappa shape index (κ1) is 30.3. The molecule has 0 saturated carbocycles. The van der Waals surface area contributed by atoms with E-state index in [1.54, 1.807) is 30.3 Å². The molecule has 0 spiro atoms. The Morgan fingerprint density at radius 1 is 1.07 bits per heavy atom. The number of nitro groups is 1. The van der Waals surface area contributed by atoms with Gasteiger partial charge in [0.15, 0.2) is 11.1 Å². The van der Waals surface area contributed by atoms with Crippen LogP contribution in [0.25, 0.3) is 44.8 Å². The summed E-state index contributed by atoms with van der Waals surface area (Å²) < 4.78 is 57.5. The quantitative estimate of drug-likeness (QED) is 0.145. The van der Waals surface area contributed by atoms with Crippen molar-refractivity contribution in [2.24, 2.45) is 5.73 Å². The van der Waals surface area contributed by atoms with E-state index >= 15 is 0 Å². The number of para-hydroxylation sites is 1. The van der Waals surface area contributed by atoms with E-state index in [0.29, 0.717) is 33.4 Å². The van der Waals surface area contributed by atoms with Gasteiger partial charge in [0.1, 0.15) is 22.9 Å². The fraction of sp³-hybridized carbons (Fsp3) is 0.125. The maximum Gasteiger partial charge on any atom is 0.298 e. The zero-order valence-electron chi connectivity index (χ0n) is 24.6. The van der Waals surface area contributed by atoms with Crippen molar-refractivity contribution in [2.45, 2.75) is 6.42 Å². The Labute approximate surface area is 261 Å². The Kier molecular flexibility index (Phi) is 7.44. The second-order valence-corrected chi connectivity index (χ2v) is 12.5. The Bertz CT molecular complexity index is 2300. The normalized spacial score (nSPS) is 11.7. The van der Waals surface area contributed by atoms with E-state index in [2.05, 4.69) is 4.98 Å². The minimum Gasteiger partial charge on any atom is -0.496 e. The van der Waals surface area contributed by atoms with Gasteiger partial charge in [0.25, 0.3) is 11.6 Å². The monoisotopic (exact) mass is 644 g/mol. The molecule has 0 bridgehead atoms. The number of benzene rings is 4. The number of sulfonamides is 1. The van der Waals surface area contributed by atoms with Crippen LogP contribution in [-0.4, -0.2) is 44.6 Å². The van der Waals surface area contributed by atoms with Gasteiger partial charge in [0.05, 0.1) is 35.1 Å². The molecule has 4 aromatic carbocycles. The Balaban J connectivity index is 1.52. The highest BCUT2D eigenvalue weighted by molar-refractivity contribution is 7.92. The number of nitrogens with two attached hydrogens (primary N) is 1. The summed E-state index contributed by atoms with van der Waals surface area (Å²) >= 11 is 0. The topological polar surface area (TPSA) is 172 Å². The van der Waals surface area contributed by atoms with Gasteiger partial charge in [-0.25, -0.2) is 17.8 Å². The van der Waals surface area contributed by atoms with Gasteiger partial charge in [-0.1, -0.05) is 12.1 Å². The summed E-state index contributed by atoms with van der Waals surface area (Å²) in [5, 5.41) is 11.9. The summed E-state index contributed by atoms with van der Waals surface area (Å²) in [4.78, 5) is 28.1. The number of anilines is 1. The van der Waals surface area contributed by atoms with Crippen molar-refractivity contribution in [3.8, 4) is 28.5 Å². The number of primary amides is 1. The third kappa shape index (κ3) is 5.38. The van der Waals surface area contributed by atoms with Gasteiger partial charge in [-0.3, -0.25) is 19.2 Å². The second-order valence-electron chi connectivity index (χ2n) is 10.5. The molecule has 6 rings (SSSR count). The average molecular weight is 645 g/mol. The van der Waals surface area contributed by atoms with Crippen LogP contribution in [0.2, 0.25) is 0 Å². The molecule has 0 saturated heterocycles. The zero-order valence-corrected chi connectivity index (χ0v) is 25.4. The Morgan fingerprint density at radius 2 is 1.80 bits per heavy atom. The zero-order chi connectivity index (χ0) is 32.9. The van der Waals surface area contributed by atoms with Crippen LogP contribution in [0.4, 0.5) is 15.8 Å². The van der Waals surface area contributed by atoms with E-state index in [1.807, 2.05) is 0 Å². The van der Waals surface area contributed by atoms with Gasteiger partial charge in [-0.15, -0.1) is 0 Å². The molecule has 6 aromatic rings. The van der Waals surface area contributed by atoms with Crippen molar-refractivity contribution in [1.82, 2.24) is 4.98 Å².